The van der Waals surface area contributed by atoms with Gasteiger partial charge < -0.3 is 10.5 Å². The molecule has 104 valence electrons. The van der Waals surface area contributed by atoms with Gasteiger partial charge in [0.1, 0.15) is 0 Å². The SMILES string of the molecule is CCOC(=O)C[C@H](N)c1cc(Cl)cc(C2(C)CC2)c1. The number of nitrogens with two attached hydrogens (primary N) is 1. The van der Waals surface area contributed by atoms with Gasteiger partial charge in [0, 0.05) is 11.1 Å². The minimum atomic E-state index is -0.362. The first-order valence-electron chi connectivity index (χ1n) is 6.67. The number of carbonyl (C=O) groups is 1. The highest BCUT2D eigenvalue weighted by molar-refractivity contribution is 6.30. The number of esters is 1. The number of benzene rings is 1. The van der Waals surface area contributed by atoms with Gasteiger partial charge in [-0.15, -0.1) is 0 Å². The first kappa shape index (κ1) is 14.4. The molecule has 1 atom stereocenters. The lowest BCUT2D eigenvalue weighted by Gasteiger charge is -2.16. The number of carbonyl (C=O) groups excluding carboxylic acids is 1. The number of rotatable bonds is 5. The highest BCUT2D eigenvalue weighted by atomic mass is 35.5. The number of hydrogen-bond donors (Lipinski definition) is 1. The lowest BCUT2D eigenvalue weighted by atomic mass is 9.93. The van der Waals surface area contributed by atoms with Crippen molar-refractivity contribution in [3.63, 3.8) is 0 Å². The molecule has 0 spiro atoms. The Morgan fingerprint density at radius 3 is 2.74 bits per heavy atom. The van der Waals surface area contributed by atoms with Gasteiger partial charge in [0.15, 0.2) is 0 Å². The van der Waals surface area contributed by atoms with Crippen LogP contribution in [0.3, 0.4) is 0 Å². The second-order valence-electron chi connectivity index (χ2n) is 5.45. The van der Waals surface area contributed by atoms with Gasteiger partial charge in [0.05, 0.1) is 13.0 Å². The normalized spacial score (nSPS) is 17.9. The number of hydrogen-bond acceptors (Lipinski definition) is 3. The summed E-state index contributed by atoms with van der Waals surface area (Å²) >= 11 is 6.15. The minimum absolute atomic E-state index is 0.185. The fourth-order valence-electron chi connectivity index (χ4n) is 2.17. The van der Waals surface area contributed by atoms with E-state index < -0.39 is 0 Å². The van der Waals surface area contributed by atoms with Gasteiger partial charge in [-0.1, -0.05) is 24.6 Å². The molecule has 0 amide bonds. The molecule has 0 unspecified atom stereocenters. The van der Waals surface area contributed by atoms with Gasteiger partial charge in [-0.25, -0.2) is 0 Å². The molecule has 1 aliphatic carbocycles. The predicted octanol–water partition coefficient (Wildman–Crippen LogP) is 3.34. The Hall–Kier alpha value is -1.06. The number of ether oxygens (including phenoxy) is 1. The van der Waals surface area contributed by atoms with Crippen LogP contribution >= 0.6 is 11.6 Å². The lowest BCUT2D eigenvalue weighted by molar-refractivity contribution is -0.143. The van der Waals surface area contributed by atoms with E-state index in [0.29, 0.717) is 11.6 Å². The molecule has 0 aromatic heterocycles. The van der Waals surface area contributed by atoms with Crippen molar-refractivity contribution in [1.82, 2.24) is 0 Å². The maximum Gasteiger partial charge on any atom is 0.307 e. The first-order valence-corrected chi connectivity index (χ1v) is 7.04. The Kier molecular flexibility index (Phi) is 4.16. The third kappa shape index (κ3) is 3.48. The Labute approximate surface area is 119 Å². The van der Waals surface area contributed by atoms with E-state index in [4.69, 9.17) is 22.1 Å². The standard InChI is InChI=1S/C15H20ClNO2/c1-3-19-14(18)9-13(17)10-6-11(8-12(16)7-10)15(2)4-5-15/h6-8,13H,3-5,9,17H2,1-2H3/t13-/m0/s1. The van der Waals surface area contributed by atoms with Gasteiger partial charge >= 0.3 is 5.97 Å². The molecule has 0 aliphatic heterocycles. The predicted molar refractivity (Wildman–Crippen MR) is 76.2 cm³/mol. The fraction of sp³-hybridized carbons (Fsp3) is 0.533. The molecule has 19 heavy (non-hydrogen) atoms. The Balaban J connectivity index is 2.15. The highest BCUT2D eigenvalue weighted by Crippen LogP contribution is 2.48. The minimum Gasteiger partial charge on any atom is -0.466 e. The summed E-state index contributed by atoms with van der Waals surface area (Å²) in [6.45, 7) is 4.39. The maximum absolute atomic E-state index is 11.5. The average Bonchev–Trinajstić information content (AvgIpc) is 3.08. The van der Waals surface area contributed by atoms with Crippen LogP contribution in [0.5, 0.6) is 0 Å². The zero-order valence-electron chi connectivity index (χ0n) is 11.4. The van der Waals surface area contributed by atoms with Crippen LogP contribution < -0.4 is 5.73 Å². The maximum atomic E-state index is 11.5. The molecule has 2 rings (SSSR count). The molecule has 4 heteroatoms. The van der Waals surface area contributed by atoms with E-state index in [9.17, 15) is 4.79 Å². The molecule has 1 aromatic rings. The van der Waals surface area contributed by atoms with Crippen LogP contribution in [-0.2, 0) is 14.9 Å². The molecule has 0 radical (unpaired) electrons. The third-order valence-corrected chi connectivity index (χ3v) is 3.96. The molecule has 0 heterocycles. The molecule has 0 bridgehead atoms. The van der Waals surface area contributed by atoms with Crippen molar-refractivity contribution in [3.05, 3.63) is 34.3 Å². The summed E-state index contributed by atoms with van der Waals surface area (Å²) in [6.07, 6.45) is 2.55. The van der Waals surface area contributed by atoms with E-state index >= 15 is 0 Å². The Morgan fingerprint density at radius 1 is 1.47 bits per heavy atom. The molecule has 2 N–H and O–H groups in total. The van der Waals surface area contributed by atoms with Gasteiger partial charge in [0.25, 0.3) is 0 Å². The lowest BCUT2D eigenvalue weighted by Crippen LogP contribution is -2.18. The molecule has 1 fully saturated rings. The van der Waals surface area contributed by atoms with Crippen molar-refractivity contribution in [3.8, 4) is 0 Å². The molecule has 0 saturated heterocycles. The molecule has 3 nitrogen and oxygen atoms in total. The zero-order chi connectivity index (χ0) is 14.0. The van der Waals surface area contributed by atoms with Crippen molar-refractivity contribution in [1.29, 1.82) is 0 Å². The second kappa shape index (κ2) is 5.51. The molecule has 1 saturated carbocycles. The average molecular weight is 282 g/mol. The summed E-state index contributed by atoms with van der Waals surface area (Å²) in [4.78, 5) is 11.5. The van der Waals surface area contributed by atoms with E-state index in [1.54, 1.807) is 6.92 Å². The monoisotopic (exact) mass is 281 g/mol. The van der Waals surface area contributed by atoms with Crippen LogP contribution in [0.1, 0.15) is 50.3 Å². The summed E-state index contributed by atoms with van der Waals surface area (Å²) in [5, 5.41) is 0.680. The summed E-state index contributed by atoms with van der Waals surface area (Å²) in [5.74, 6) is -0.269. The summed E-state index contributed by atoms with van der Waals surface area (Å²) < 4.78 is 4.92. The van der Waals surface area contributed by atoms with Crippen molar-refractivity contribution < 1.29 is 9.53 Å². The van der Waals surface area contributed by atoms with E-state index in [1.165, 1.54) is 18.4 Å². The van der Waals surface area contributed by atoms with Crippen LogP contribution in [0.15, 0.2) is 18.2 Å². The Bertz CT molecular complexity index is 483. The van der Waals surface area contributed by atoms with Gasteiger partial charge in [-0.2, -0.15) is 0 Å². The van der Waals surface area contributed by atoms with Gasteiger partial charge in [-0.05, 0) is 48.4 Å². The van der Waals surface area contributed by atoms with Gasteiger partial charge in [0.2, 0.25) is 0 Å². The third-order valence-electron chi connectivity index (χ3n) is 3.74. The largest absolute Gasteiger partial charge is 0.466 e. The quantitative estimate of drug-likeness (QED) is 0.842. The topological polar surface area (TPSA) is 52.3 Å². The summed E-state index contributed by atoms with van der Waals surface area (Å²) in [5.41, 5.74) is 8.43. The van der Waals surface area contributed by atoms with Crippen molar-refractivity contribution in [2.45, 2.75) is 44.6 Å². The van der Waals surface area contributed by atoms with Crippen LogP contribution in [0, 0.1) is 0 Å². The van der Waals surface area contributed by atoms with Crippen LogP contribution in [0.2, 0.25) is 5.02 Å². The van der Waals surface area contributed by atoms with Crippen molar-refractivity contribution in [2.24, 2.45) is 5.73 Å². The molecular formula is C15H20ClNO2. The second-order valence-corrected chi connectivity index (χ2v) is 5.89. The summed E-state index contributed by atoms with van der Waals surface area (Å²) in [7, 11) is 0. The van der Waals surface area contributed by atoms with E-state index in [0.717, 1.165) is 5.56 Å². The van der Waals surface area contributed by atoms with Crippen LogP contribution in [0.4, 0.5) is 0 Å². The van der Waals surface area contributed by atoms with E-state index in [1.807, 2.05) is 12.1 Å². The van der Waals surface area contributed by atoms with Crippen molar-refractivity contribution >= 4 is 17.6 Å². The highest BCUT2D eigenvalue weighted by Gasteiger charge is 2.39. The zero-order valence-corrected chi connectivity index (χ0v) is 12.2. The van der Waals surface area contributed by atoms with Crippen LogP contribution in [0.25, 0.3) is 0 Å². The van der Waals surface area contributed by atoms with Crippen LogP contribution in [-0.4, -0.2) is 12.6 Å². The fourth-order valence-corrected chi connectivity index (χ4v) is 2.41. The molecule has 1 aliphatic rings. The van der Waals surface area contributed by atoms with E-state index in [2.05, 4.69) is 13.0 Å². The van der Waals surface area contributed by atoms with Crippen molar-refractivity contribution in [2.75, 3.05) is 6.61 Å². The Morgan fingerprint density at radius 2 is 2.16 bits per heavy atom. The van der Waals surface area contributed by atoms with Gasteiger partial charge in [-0.3, -0.25) is 4.79 Å². The smallest absolute Gasteiger partial charge is 0.307 e. The first-order chi connectivity index (χ1) is 8.94. The molecular weight excluding hydrogens is 262 g/mol. The molecule has 1 aromatic carbocycles. The number of halogens is 1. The van der Waals surface area contributed by atoms with E-state index in [-0.39, 0.29) is 23.8 Å². The summed E-state index contributed by atoms with van der Waals surface area (Å²) in [6, 6.07) is 5.54.